The van der Waals surface area contributed by atoms with E-state index in [0.717, 1.165) is 12.5 Å². The summed E-state index contributed by atoms with van der Waals surface area (Å²) in [6.45, 7) is 0. The number of hydrogen-bond donors (Lipinski definition) is 0. The first-order valence-corrected chi connectivity index (χ1v) is 8.02. The van der Waals surface area contributed by atoms with Gasteiger partial charge in [0, 0.05) is 19.2 Å². The maximum Gasteiger partial charge on any atom is 0.194 e. The third kappa shape index (κ3) is 3.38. The molecule has 5 heteroatoms. The van der Waals surface area contributed by atoms with Crippen molar-refractivity contribution in [3.8, 4) is 5.75 Å². The largest absolute Gasteiger partial charge is 0.496 e. The summed E-state index contributed by atoms with van der Waals surface area (Å²) >= 11 is 9.00. The van der Waals surface area contributed by atoms with Crippen LogP contribution in [0.2, 0.25) is 0 Å². The van der Waals surface area contributed by atoms with E-state index in [-0.39, 0.29) is 5.78 Å². The van der Waals surface area contributed by atoms with Gasteiger partial charge < -0.3 is 4.74 Å². The zero-order valence-corrected chi connectivity index (χ0v) is 15.2. The number of rotatable bonds is 3. The van der Waals surface area contributed by atoms with E-state index in [1.807, 2.05) is 18.2 Å². The molecule has 0 aromatic heterocycles. The monoisotopic (exact) mass is 494 g/mol. The normalized spacial score (nSPS) is 10.3. The Morgan fingerprint density at radius 1 is 1.11 bits per heavy atom. The van der Waals surface area contributed by atoms with Gasteiger partial charge in [-0.3, -0.25) is 4.79 Å². The van der Waals surface area contributed by atoms with Crippen molar-refractivity contribution < 1.29 is 9.53 Å². The summed E-state index contributed by atoms with van der Waals surface area (Å²) in [4.78, 5) is 12.5. The van der Waals surface area contributed by atoms with Gasteiger partial charge in [-0.2, -0.15) is 0 Å². The second-order valence-corrected chi connectivity index (χ2v) is 6.76. The highest BCUT2D eigenvalue weighted by atomic mass is 127. The molecule has 0 N–H and O–H groups in total. The first-order valence-electron chi connectivity index (χ1n) is 5.36. The Kier molecular flexibility index (Phi) is 5.03. The first kappa shape index (κ1) is 15.0. The van der Waals surface area contributed by atoms with Crippen molar-refractivity contribution in [1.82, 2.24) is 0 Å². The van der Waals surface area contributed by atoms with Crippen LogP contribution in [0.5, 0.6) is 5.75 Å². The Morgan fingerprint density at radius 3 is 2.47 bits per heavy atom. The molecule has 0 unspecified atom stereocenters. The minimum absolute atomic E-state index is 0.0197. The van der Waals surface area contributed by atoms with Crippen LogP contribution in [0.25, 0.3) is 0 Å². The molecule has 0 aliphatic carbocycles. The van der Waals surface area contributed by atoms with Gasteiger partial charge in [0.15, 0.2) is 5.78 Å². The topological polar surface area (TPSA) is 26.3 Å². The Hall–Kier alpha value is -0.400. The van der Waals surface area contributed by atoms with Gasteiger partial charge in [0.05, 0.1) is 11.6 Å². The summed E-state index contributed by atoms with van der Waals surface area (Å²) in [5, 5.41) is 0. The Morgan fingerprint density at radius 2 is 1.84 bits per heavy atom. The molecule has 2 aromatic carbocycles. The van der Waals surface area contributed by atoms with Crippen molar-refractivity contribution >= 4 is 60.2 Å². The summed E-state index contributed by atoms with van der Waals surface area (Å²) in [7, 11) is 1.59. The molecular formula is C14H9Br2IO2. The third-order valence-electron chi connectivity index (χ3n) is 2.59. The van der Waals surface area contributed by atoms with Crippen molar-refractivity contribution in [1.29, 1.82) is 0 Å². The van der Waals surface area contributed by atoms with Gasteiger partial charge in [-0.25, -0.2) is 0 Å². The van der Waals surface area contributed by atoms with E-state index in [9.17, 15) is 4.79 Å². The molecule has 2 nitrogen and oxygen atoms in total. The molecule has 2 rings (SSSR count). The molecule has 0 aliphatic rings. The molecule has 0 heterocycles. The molecule has 0 bridgehead atoms. The molecule has 0 radical (unpaired) electrons. The molecule has 0 amide bonds. The number of halogens is 3. The maximum atomic E-state index is 12.5. The van der Waals surface area contributed by atoms with Crippen LogP contribution in [0, 0.1) is 3.57 Å². The zero-order chi connectivity index (χ0) is 14.0. The standard InChI is InChI=1S/C14H9Br2IO2/c1-19-13-5-2-8(6-12(13)16)14(18)10-7-9(17)3-4-11(10)15/h2-7H,1H3. The zero-order valence-electron chi connectivity index (χ0n) is 9.91. The van der Waals surface area contributed by atoms with Gasteiger partial charge in [-0.15, -0.1) is 0 Å². The van der Waals surface area contributed by atoms with E-state index >= 15 is 0 Å². The summed E-state index contributed by atoms with van der Waals surface area (Å²) in [5.41, 5.74) is 1.28. The predicted molar refractivity (Wildman–Crippen MR) is 91.0 cm³/mol. The highest BCUT2D eigenvalue weighted by Gasteiger charge is 2.14. The van der Waals surface area contributed by atoms with E-state index in [2.05, 4.69) is 54.5 Å². The van der Waals surface area contributed by atoms with Gasteiger partial charge >= 0.3 is 0 Å². The summed E-state index contributed by atoms with van der Waals surface area (Å²) in [5.74, 6) is 0.687. The summed E-state index contributed by atoms with van der Waals surface area (Å²) < 4.78 is 7.75. The van der Waals surface area contributed by atoms with Crippen LogP contribution in [0.15, 0.2) is 45.3 Å². The molecule has 0 saturated heterocycles. The lowest BCUT2D eigenvalue weighted by Crippen LogP contribution is -2.03. The lowest BCUT2D eigenvalue weighted by atomic mass is 10.0. The van der Waals surface area contributed by atoms with Crippen molar-refractivity contribution in [3.63, 3.8) is 0 Å². The van der Waals surface area contributed by atoms with Gasteiger partial charge in [-0.1, -0.05) is 15.9 Å². The van der Waals surface area contributed by atoms with Gasteiger partial charge in [0.25, 0.3) is 0 Å². The van der Waals surface area contributed by atoms with Gasteiger partial charge in [0.1, 0.15) is 5.75 Å². The van der Waals surface area contributed by atoms with Crippen LogP contribution in [0.4, 0.5) is 0 Å². The fourth-order valence-corrected chi connectivity index (χ4v) is 3.09. The number of ketones is 1. The molecule has 0 saturated carbocycles. The number of carbonyl (C=O) groups is 1. The van der Waals surface area contributed by atoms with E-state index in [1.54, 1.807) is 25.3 Å². The van der Waals surface area contributed by atoms with Crippen LogP contribution in [-0.4, -0.2) is 12.9 Å². The predicted octanol–water partition coefficient (Wildman–Crippen LogP) is 5.06. The number of ether oxygens (including phenoxy) is 1. The number of methoxy groups -OCH3 is 1. The molecule has 0 aliphatic heterocycles. The van der Waals surface area contributed by atoms with E-state index in [4.69, 9.17) is 4.74 Å². The van der Waals surface area contributed by atoms with Gasteiger partial charge in [0.2, 0.25) is 0 Å². The van der Waals surface area contributed by atoms with Gasteiger partial charge in [-0.05, 0) is 74.9 Å². The Bertz CT molecular complexity index is 641. The lowest BCUT2D eigenvalue weighted by molar-refractivity contribution is 0.103. The molecule has 0 spiro atoms. The highest BCUT2D eigenvalue weighted by molar-refractivity contribution is 14.1. The maximum absolute atomic E-state index is 12.5. The molecular weight excluding hydrogens is 487 g/mol. The second kappa shape index (κ2) is 6.37. The molecule has 98 valence electrons. The van der Waals surface area contributed by atoms with Crippen LogP contribution < -0.4 is 4.74 Å². The summed E-state index contributed by atoms with van der Waals surface area (Å²) in [6, 6.07) is 11.0. The third-order valence-corrected chi connectivity index (χ3v) is 4.57. The minimum Gasteiger partial charge on any atom is -0.496 e. The van der Waals surface area contributed by atoms with Crippen molar-refractivity contribution in [2.75, 3.05) is 7.11 Å². The van der Waals surface area contributed by atoms with Crippen molar-refractivity contribution in [2.45, 2.75) is 0 Å². The molecule has 2 aromatic rings. The number of carbonyl (C=O) groups excluding carboxylic acids is 1. The van der Waals surface area contributed by atoms with Crippen molar-refractivity contribution in [3.05, 3.63) is 60.0 Å². The van der Waals surface area contributed by atoms with E-state index in [1.165, 1.54) is 0 Å². The quantitative estimate of drug-likeness (QED) is 0.440. The number of hydrogen-bond acceptors (Lipinski definition) is 2. The molecule has 0 atom stereocenters. The Balaban J connectivity index is 2.44. The van der Waals surface area contributed by atoms with E-state index < -0.39 is 0 Å². The minimum atomic E-state index is -0.0197. The number of benzene rings is 2. The average Bonchev–Trinajstić information content (AvgIpc) is 2.40. The fourth-order valence-electron chi connectivity index (χ4n) is 1.63. The summed E-state index contributed by atoms with van der Waals surface area (Å²) in [6.07, 6.45) is 0. The Labute approximate surface area is 141 Å². The van der Waals surface area contributed by atoms with Crippen LogP contribution >= 0.6 is 54.5 Å². The van der Waals surface area contributed by atoms with Crippen LogP contribution in [-0.2, 0) is 0 Å². The average molecular weight is 496 g/mol. The fraction of sp³-hybridized carbons (Fsp3) is 0.0714. The van der Waals surface area contributed by atoms with Crippen molar-refractivity contribution in [2.24, 2.45) is 0 Å². The second-order valence-electron chi connectivity index (χ2n) is 3.80. The first-order chi connectivity index (χ1) is 9.02. The SMILES string of the molecule is COc1ccc(C(=O)c2cc(I)ccc2Br)cc1Br. The van der Waals surface area contributed by atoms with E-state index in [0.29, 0.717) is 16.9 Å². The van der Waals surface area contributed by atoms with Crippen LogP contribution in [0.3, 0.4) is 0 Å². The smallest absolute Gasteiger partial charge is 0.194 e. The van der Waals surface area contributed by atoms with Crippen LogP contribution in [0.1, 0.15) is 15.9 Å². The molecule has 0 fully saturated rings. The highest BCUT2D eigenvalue weighted by Crippen LogP contribution is 2.28. The molecule has 19 heavy (non-hydrogen) atoms. The lowest BCUT2D eigenvalue weighted by Gasteiger charge is -2.07.